The molecule has 0 saturated carbocycles. The van der Waals surface area contributed by atoms with E-state index in [4.69, 9.17) is 14.9 Å². The number of pyridine rings is 1. The molecule has 0 amide bonds. The third kappa shape index (κ3) is 3.29. The van der Waals surface area contributed by atoms with Crippen molar-refractivity contribution in [1.29, 1.82) is 0 Å². The summed E-state index contributed by atoms with van der Waals surface area (Å²) in [6.07, 6.45) is 1.73. The number of aromatic carboxylic acids is 1. The summed E-state index contributed by atoms with van der Waals surface area (Å²) in [5, 5.41) is 17.7. The van der Waals surface area contributed by atoms with Crippen molar-refractivity contribution in [3.8, 4) is 11.6 Å². The van der Waals surface area contributed by atoms with Crippen LogP contribution in [-0.2, 0) is 6.42 Å². The van der Waals surface area contributed by atoms with Crippen LogP contribution in [-0.4, -0.2) is 27.8 Å². The average Bonchev–Trinajstić information content (AvgIpc) is 2.42. The maximum atomic E-state index is 10.7. The second-order valence-corrected chi connectivity index (χ2v) is 3.87. The quantitative estimate of drug-likeness (QED) is 0.859. The monoisotopic (exact) mass is 259 g/mol. The topological polar surface area (TPSA) is 79.7 Å². The molecule has 0 atom stereocenters. The zero-order valence-electron chi connectivity index (χ0n) is 10.1. The number of hydrogen-bond acceptors (Lipinski definition) is 4. The summed E-state index contributed by atoms with van der Waals surface area (Å²) in [5.74, 6) is -0.109. The Morgan fingerprint density at radius 3 is 2.63 bits per heavy atom. The molecule has 0 fully saturated rings. The van der Waals surface area contributed by atoms with Gasteiger partial charge in [0.05, 0.1) is 5.56 Å². The van der Waals surface area contributed by atoms with Crippen molar-refractivity contribution in [2.45, 2.75) is 6.42 Å². The van der Waals surface area contributed by atoms with Crippen molar-refractivity contribution in [3.05, 3.63) is 53.7 Å². The summed E-state index contributed by atoms with van der Waals surface area (Å²) in [6.45, 7) is 0.0335. The molecule has 2 aromatic rings. The number of aliphatic hydroxyl groups is 1. The van der Waals surface area contributed by atoms with Gasteiger partial charge in [-0.2, -0.15) is 0 Å². The first-order valence-corrected chi connectivity index (χ1v) is 5.76. The molecule has 5 nitrogen and oxygen atoms in total. The Morgan fingerprint density at radius 2 is 2.00 bits per heavy atom. The van der Waals surface area contributed by atoms with Gasteiger partial charge in [0.1, 0.15) is 5.75 Å². The van der Waals surface area contributed by atoms with Crippen molar-refractivity contribution in [2.24, 2.45) is 0 Å². The van der Waals surface area contributed by atoms with Gasteiger partial charge in [0, 0.05) is 18.9 Å². The molecule has 0 aliphatic carbocycles. The van der Waals surface area contributed by atoms with Gasteiger partial charge in [-0.3, -0.25) is 0 Å². The number of benzene rings is 1. The van der Waals surface area contributed by atoms with Gasteiger partial charge in [-0.05, 0) is 24.1 Å². The maximum Gasteiger partial charge on any atom is 0.337 e. The molecule has 0 aliphatic heterocycles. The molecule has 0 saturated heterocycles. The SMILES string of the molecule is O=C(O)c1ccc(Oc2ccccc2CCO)nc1. The predicted molar refractivity (Wildman–Crippen MR) is 68.5 cm³/mol. The zero-order chi connectivity index (χ0) is 13.7. The molecular weight excluding hydrogens is 246 g/mol. The van der Waals surface area contributed by atoms with E-state index in [1.54, 1.807) is 6.07 Å². The van der Waals surface area contributed by atoms with Crippen LogP contribution in [0.4, 0.5) is 0 Å². The number of carbonyl (C=O) groups is 1. The fraction of sp³-hybridized carbons (Fsp3) is 0.143. The molecule has 1 aromatic carbocycles. The lowest BCUT2D eigenvalue weighted by Crippen LogP contribution is -1.99. The van der Waals surface area contributed by atoms with E-state index in [1.165, 1.54) is 18.3 Å². The number of rotatable bonds is 5. The fourth-order valence-corrected chi connectivity index (χ4v) is 1.61. The Morgan fingerprint density at radius 1 is 1.21 bits per heavy atom. The molecule has 1 heterocycles. The van der Waals surface area contributed by atoms with Crippen LogP contribution in [0, 0.1) is 0 Å². The summed E-state index contributed by atoms with van der Waals surface area (Å²) in [7, 11) is 0. The van der Waals surface area contributed by atoms with Gasteiger partial charge in [0.2, 0.25) is 5.88 Å². The van der Waals surface area contributed by atoms with Gasteiger partial charge in [0.15, 0.2) is 0 Å². The summed E-state index contributed by atoms with van der Waals surface area (Å²) in [5.41, 5.74) is 0.977. The number of carboxylic acids is 1. The van der Waals surface area contributed by atoms with Gasteiger partial charge in [-0.1, -0.05) is 18.2 Å². The van der Waals surface area contributed by atoms with E-state index >= 15 is 0 Å². The standard InChI is InChI=1S/C14H13NO4/c16-8-7-10-3-1-2-4-12(10)19-13-6-5-11(9-15-13)14(17)18/h1-6,9,16H,7-8H2,(H,17,18). The van der Waals surface area contributed by atoms with Crippen LogP contribution < -0.4 is 4.74 Å². The van der Waals surface area contributed by atoms with Crippen LogP contribution in [0.3, 0.4) is 0 Å². The molecule has 0 spiro atoms. The molecule has 0 radical (unpaired) electrons. The predicted octanol–water partition coefficient (Wildman–Crippen LogP) is 2.11. The highest BCUT2D eigenvalue weighted by Crippen LogP contribution is 2.24. The molecule has 5 heteroatoms. The van der Waals surface area contributed by atoms with Crippen LogP contribution in [0.1, 0.15) is 15.9 Å². The highest BCUT2D eigenvalue weighted by Gasteiger charge is 2.07. The molecule has 1 aromatic heterocycles. The number of aromatic nitrogens is 1. The van der Waals surface area contributed by atoms with Crippen molar-refractivity contribution >= 4 is 5.97 Å². The Kier molecular flexibility index (Phi) is 4.10. The largest absolute Gasteiger partial charge is 0.478 e. The smallest absolute Gasteiger partial charge is 0.337 e. The van der Waals surface area contributed by atoms with E-state index in [-0.39, 0.29) is 12.2 Å². The van der Waals surface area contributed by atoms with Gasteiger partial charge < -0.3 is 14.9 Å². The number of nitrogens with zero attached hydrogens (tertiary/aromatic N) is 1. The van der Waals surface area contributed by atoms with Gasteiger partial charge in [-0.15, -0.1) is 0 Å². The van der Waals surface area contributed by atoms with Crippen LogP contribution in [0.25, 0.3) is 0 Å². The average molecular weight is 259 g/mol. The summed E-state index contributed by atoms with van der Waals surface area (Å²) >= 11 is 0. The number of para-hydroxylation sites is 1. The van der Waals surface area contributed by atoms with E-state index < -0.39 is 5.97 Å². The highest BCUT2D eigenvalue weighted by molar-refractivity contribution is 5.87. The van der Waals surface area contributed by atoms with Crippen LogP contribution >= 0.6 is 0 Å². The van der Waals surface area contributed by atoms with E-state index in [0.29, 0.717) is 18.1 Å². The summed E-state index contributed by atoms with van der Waals surface area (Å²) in [6, 6.07) is 10.2. The Bertz CT molecular complexity index is 566. The number of ether oxygens (including phenoxy) is 1. The highest BCUT2D eigenvalue weighted by atomic mass is 16.5. The lowest BCUT2D eigenvalue weighted by atomic mass is 10.1. The molecule has 2 rings (SSSR count). The molecule has 2 N–H and O–H groups in total. The fourth-order valence-electron chi connectivity index (χ4n) is 1.61. The molecule has 0 unspecified atom stereocenters. The summed E-state index contributed by atoms with van der Waals surface area (Å²) < 4.78 is 5.58. The minimum atomic E-state index is -1.03. The molecular formula is C14H13NO4. The van der Waals surface area contributed by atoms with E-state index in [0.717, 1.165) is 5.56 Å². The van der Waals surface area contributed by atoms with Crippen molar-refractivity contribution in [2.75, 3.05) is 6.61 Å². The molecule has 98 valence electrons. The first-order chi connectivity index (χ1) is 9.20. The second kappa shape index (κ2) is 5.97. The zero-order valence-corrected chi connectivity index (χ0v) is 10.1. The van der Waals surface area contributed by atoms with Crippen molar-refractivity contribution in [3.63, 3.8) is 0 Å². The molecule has 0 bridgehead atoms. The Labute approximate surface area is 110 Å². The number of hydrogen-bond donors (Lipinski definition) is 2. The van der Waals surface area contributed by atoms with Crippen LogP contribution in [0.15, 0.2) is 42.6 Å². The van der Waals surface area contributed by atoms with E-state index in [9.17, 15) is 4.79 Å². The Hall–Kier alpha value is -2.40. The second-order valence-electron chi connectivity index (χ2n) is 3.87. The summed E-state index contributed by atoms with van der Waals surface area (Å²) in [4.78, 5) is 14.6. The van der Waals surface area contributed by atoms with Crippen molar-refractivity contribution < 1.29 is 19.7 Å². The third-order valence-corrected chi connectivity index (χ3v) is 2.55. The van der Waals surface area contributed by atoms with E-state index in [1.807, 2.05) is 18.2 Å². The Balaban J connectivity index is 2.19. The third-order valence-electron chi connectivity index (χ3n) is 2.55. The number of carboxylic acid groups (broad SMARTS) is 1. The van der Waals surface area contributed by atoms with Crippen LogP contribution in [0.2, 0.25) is 0 Å². The van der Waals surface area contributed by atoms with E-state index in [2.05, 4.69) is 4.98 Å². The minimum absolute atomic E-state index is 0.0335. The minimum Gasteiger partial charge on any atom is -0.478 e. The van der Waals surface area contributed by atoms with Crippen LogP contribution in [0.5, 0.6) is 11.6 Å². The lowest BCUT2D eigenvalue weighted by molar-refractivity contribution is 0.0696. The lowest BCUT2D eigenvalue weighted by Gasteiger charge is -2.09. The number of aliphatic hydroxyl groups excluding tert-OH is 1. The van der Waals surface area contributed by atoms with Gasteiger partial charge in [0.25, 0.3) is 0 Å². The van der Waals surface area contributed by atoms with Gasteiger partial charge in [-0.25, -0.2) is 9.78 Å². The molecule has 19 heavy (non-hydrogen) atoms. The first kappa shape index (κ1) is 13.0. The molecule has 0 aliphatic rings. The normalized spacial score (nSPS) is 10.2. The van der Waals surface area contributed by atoms with Gasteiger partial charge >= 0.3 is 5.97 Å². The first-order valence-electron chi connectivity index (χ1n) is 5.76. The van der Waals surface area contributed by atoms with Crippen molar-refractivity contribution in [1.82, 2.24) is 4.98 Å². The maximum absolute atomic E-state index is 10.7.